The molecule has 1 aromatic carbocycles. The van der Waals surface area contributed by atoms with Crippen LogP contribution in [-0.2, 0) is 46.5 Å². The number of carboxylic acids is 2. The van der Waals surface area contributed by atoms with E-state index < -0.39 is 91.6 Å². The third-order valence-corrected chi connectivity index (χ3v) is 6.64. The average Bonchev–Trinajstić information content (AvgIpc) is 3.53. The second-order valence-electron chi connectivity index (χ2n) is 11.0. The zero-order valence-corrected chi connectivity index (χ0v) is 25.9. The van der Waals surface area contributed by atoms with Crippen LogP contribution < -0.4 is 21.3 Å². The van der Waals surface area contributed by atoms with Crippen molar-refractivity contribution >= 4 is 41.5 Å². The van der Waals surface area contributed by atoms with E-state index in [0.717, 1.165) is 0 Å². The lowest BCUT2D eigenvalue weighted by Gasteiger charge is -2.26. The van der Waals surface area contributed by atoms with Crippen LogP contribution in [-0.4, -0.2) is 92.6 Å². The fourth-order valence-corrected chi connectivity index (χ4v) is 4.30. The Morgan fingerprint density at radius 3 is 2.04 bits per heavy atom. The van der Waals surface area contributed by atoms with Gasteiger partial charge < -0.3 is 41.2 Å². The third-order valence-electron chi connectivity index (χ3n) is 6.64. The maximum absolute atomic E-state index is 13.5. The topological polar surface area (TPSA) is 246 Å². The van der Waals surface area contributed by atoms with Crippen LogP contribution in [0.2, 0.25) is 0 Å². The number of hydrogen-bond acceptors (Lipinski definition) is 9. The molecule has 0 radical (unpaired) electrons. The minimum Gasteiger partial charge on any atom is -0.481 e. The number of nitrogens with one attached hydrogen (secondary N) is 5. The number of hydrogen-bond donors (Lipinski definition) is 7. The van der Waals surface area contributed by atoms with Crippen LogP contribution >= 0.6 is 0 Å². The van der Waals surface area contributed by atoms with Crippen molar-refractivity contribution in [2.75, 3.05) is 6.67 Å². The number of amides is 4. The first-order valence-corrected chi connectivity index (χ1v) is 14.7. The van der Waals surface area contributed by atoms with Crippen LogP contribution in [0.1, 0.15) is 50.8 Å². The first kappa shape index (κ1) is 37.8. The van der Waals surface area contributed by atoms with Gasteiger partial charge in [0, 0.05) is 24.7 Å². The minimum absolute atomic E-state index is 0.0731. The summed E-state index contributed by atoms with van der Waals surface area (Å²) in [7, 11) is 0. The van der Waals surface area contributed by atoms with E-state index in [4.69, 9.17) is 9.84 Å². The number of alkyl carbamates (subject to hydrolysis) is 1. The number of carboxylic acid groups (broad SMARTS) is 2. The molecule has 4 amide bonds. The van der Waals surface area contributed by atoms with Crippen LogP contribution in [0.25, 0.3) is 0 Å². The van der Waals surface area contributed by atoms with E-state index in [1.54, 1.807) is 44.2 Å². The van der Waals surface area contributed by atoms with Gasteiger partial charge in [0.15, 0.2) is 5.78 Å². The molecule has 0 saturated heterocycles. The first-order valence-electron chi connectivity index (χ1n) is 14.7. The number of ether oxygens (including phenoxy) is 1. The van der Waals surface area contributed by atoms with Gasteiger partial charge in [-0.05, 0) is 24.3 Å². The molecule has 0 bridgehead atoms. The van der Waals surface area contributed by atoms with Crippen molar-refractivity contribution in [3.8, 4) is 0 Å². The number of aromatic amines is 1. The van der Waals surface area contributed by atoms with Crippen LogP contribution in [0.3, 0.4) is 0 Å². The van der Waals surface area contributed by atoms with Crippen LogP contribution in [0.15, 0.2) is 42.9 Å². The van der Waals surface area contributed by atoms with Gasteiger partial charge in [-0.1, -0.05) is 44.2 Å². The van der Waals surface area contributed by atoms with Crippen molar-refractivity contribution in [3.63, 3.8) is 0 Å². The Kier molecular flexibility index (Phi) is 15.5. The molecule has 1 heterocycles. The van der Waals surface area contributed by atoms with Gasteiger partial charge >= 0.3 is 18.0 Å². The predicted molar refractivity (Wildman–Crippen MR) is 161 cm³/mol. The SMILES string of the molecule is CC(C)C[C@H](NC(=O)OCc1ccccc1)C(=O)N[C@@H](CCC(=O)O)C(=O)N[C@@H](Cc1cnc[nH]1)C(=O)N[C@@H](CC(=O)O)C(=O)CF. The number of aliphatic carboxylic acids is 2. The van der Waals surface area contributed by atoms with Crippen molar-refractivity contribution in [2.24, 2.45) is 5.92 Å². The quantitative estimate of drug-likeness (QED) is 0.104. The fraction of sp³-hybridized carbons (Fsp3) is 0.467. The molecule has 47 heavy (non-hydrogen) atoms. The predicted octanol–water partition coefficient (Wildman–Crippen LogP) is 0.626. The Balaban J connectivity index is 2.24. The number of benzene rings is 1. The number of aromatic nitrogens is 2. The van der Waals surface area contributed by atoms with E-state index in [0.29, 0.717) is 11.3 Å². The molecule has 256 valence electrons. The molecule has 2 rings (SSSR count). The van der Waals surface area contributed by atoms with Crippen LogP contribution in [0.4, 0.5) is 9.18 Å². The van der Waals surface area contributed by atoms with E-state index in [1.807, 2.05) is 0 Å². The van der Waals surface area contributed by atoms with Crippen LogP contribution in [0, 0.1) is 5.92 Å². The highest BCUT2D eigenvalue weighted by molar-refractivity contribution is 5.97. The van der Waals surface area contributed by atoms with Crippen molar-refractivity contribution < 1.29 is 52.9 Å². The molecule has 4 atom stereocenters. The third kappa shape index (κ3) is 14.1. The number of Topliss-reactive ketones (excluding diaryl/α,β-unsaturated/α-hetero) is 1. The molecule has 0 spiro atoms. The second kappa shape index (κ2) is 19.2. The largest absolute Gasteiger partial charge is 0.481 e. The molecule has 0 saturated carbocycles. The van der Waals surface area contributed by atoms with E-state index >= 15 is 0 Å². The summed E-state index contributed by atoms with van der Waals surface area (Å²) in [5.74, 6) is -6.97. The van der Waals surface area contributed by atoms with Crippen molar-refractivity contribution in [2.45, 2.75) is 76.7 Å². The number of halogens is 1. The van der Waals surface area contributed by atoms with Gasteiger partial charge in [0.2, 0.25) is 17.7 Å². The molecule has 7 N–H and O–H groups in total. The maximum Gasteiger partial charge on any atom is 0.408 e. The van der Waals surface area contributed by atoms with Gasteiger partial charge in [-0.15, -0.1) is 0 Å². The van der Waals surface area contributed by atoms with Crippen molar-refractivity contribution in [1.82, 2.24) is 31.2 Å². The number of alkyl halides is 1. The average molecular weight is 663 g/mol. The summed E-state index contributed by atoms with van der Waals surface area (Å²) < 4.78 is 18.3. The minimum atomic E-state index is -1.74. The van der Waals surface area contributed by atoms with Gasteiger partial charge in [-0.3, -0.25) is 28.8 Å². The Labute approximate surface area is 269 Å². The molecular weight excluding hydrogens is 623 g/mol. The van der Waals surface area contributed by atoms with Gasteiger partial charge in [0.25, 0.3) is 0 Å². The molecule has 16 nitrogen and oxygen atoms in total. The van der Waals surface area contributed by atoms with Crippen LogP contribution in [0.5, 0.6) is 0 Å². The Hall–Kier alpha value is -5.35. The Morgan fingerprint density at radius 2 is 1.47 bits per heavy atom. The van der Waals surface area contributed by atoms with Gasteiger partial charge in [-0.2, -0.15) is 0 Å². The molecule has 1 aromatic heterocycles. The lowest BCUT2D eigenvalue weighted by Crippen LogP contribution is -2.58. The molecular formula is C30H39FN6O10. The zero-order chi connectivity index (χ0) is 34.9. The highest BCUT2D eigenvalue weighted by atomic mass is 19.1. The number of H-pyrrole nitrogens is 1. The van der Waals surface area contributed by atoms with E-state index in [2.05, 4.69) is 31.2 Å². The second-order valence-corrected chi connectivity index (χ2v) is 11.0. The molecule has 0 fully saturated rings. The summed E-state index contributed by atoms with van der Waals surface area (Å²) in [4.78, 5) is 93.6. The Morgan fingerprint density at radius 1 is 0.851 bits per heavy atom. The maximum atomic E-state index is 13.5. The molecule has 0 aliphatic carbocycles. The normalized spacial score (nSPS) is 13.4. The number of carbonyl (C=O) groups excluding carboxylic acids is 5. The van der Waals surface area contributed by atoms with Gasteiger partial charge in [0.1, 0.15) is 37.4 Å². The number of imidazole rings is 1. The highest BCUT2D eigenvalue weighted by Gasteiger charge is 2.33. The highest BCUT2D eigenvalue weighted by Crippen LogP contribution is 2.10. The fourth-order valence-electron chi connectivity index (χ4n) is 4.30. The van der Waals surface area contributed by atoms with Gasteiger partial charge in [0.05, 0.1) is 12.7 Å². The summed E-state index contributed by atoms with van der Waals surface area (Å²) in [5.41, 5.74) is 1.04. The van der Waals surface area contributed by atoms with E-state index in [9.17, 15) is 43.1 Å². The van der Waals surface area contributed by atoms with E-state index in [1.165, 1.54) is 12.5 Å². The summed E-state index contributed by atoms with van der Waals surface area (Å²) in [6.07, 6.45) is -0.331. The summed E-state index contributed by atoms with van der Waals surface area (Å²) in [6.45, 7) is 1.95. The van der Waals surface area contributed by atoms with Crippen molar-refractivity contribution in [1.29, 1.82) is 0 Å². The molecule has 0 unspecified atom stereocenters. The zero-order valence-electron chi connectivity index (χ0n) is 25.9. The monoisotopic (exact) mass is 662 g/mol. The smallest absolute Gasteiger partial charge is 0.408 e. The standard InChI is InChI=1S/C30H39FN6O10/c1-17(2)10-22(37-30(46)47-15-18-6-4-3-5-7-18)28(44)34-20(8-9-25(39)40)27(43)36-23(11-19-14-32-16-33-19)29(45)35-21(12-26(41)42)24(38)13-31/h3-7,14,16-17,20-23H,8-13,15H2,1-2H3,(H,32,33)(H,34,44)(H,35,45)(H,36,43)(H,37,46)(H,39,40)(H,41,42)/t20-,21-,22-,23-/m0/s1. The number of rotatable bonds is 20. The lowest BCUT2D eigenvalue weighted by atomic mass is 10.0. The summed E-state index contributed by atoms with van der Waals surface area (Å²) in [6, 6.07) is 2.83. The molecule has 2 aromatic rings. The van der Waals surface area contributed by atoms with Crippen molar-refractivity contribution in [3.05, 3.63) is 54.1 Å². The number of nitrogens with zero attached hydrogens (tertiary/aromatic N) is 1. The van der Waals surface area contributed by atoms with E-state index in [-0.39, 0.29) is 25.4 Å². The first-order chi connectivity index (χ1) is 22.3. The Bertz CT molecular complexity index is 1370. The summed E-state index contributed by atoms with van der Waals surface area (Å²) >= 11 is 0. The number of ketones is 1. The van der Waals surface area contributed by atoms with Gasteiger partial charge in [-0.25, -0.2) is 14.2 Å². The molecule has 17 heteroatoms. The summed E-state index contributed by atoms with van der Waals surface area (Å²) in [5, 5.41) is 27.8. The molecule has 0 aliphatic heterocycles. The number of carbonyl (C=O) groups is 7. The molecule has 0 aliphatic rings. The lowest BCUT2D eigenvalue weighted by molar-refractivity contribution is -0.141.